The van der Waals surface area contributed by atoms with E-state index in [4.69, 9.17) is 4.74 Å². The Morgan fingerprint density at radius 3 is 2.67 bits per heavy atom. The molecule has 0 aliphatic heterocycles. The molecule has 7 nitrogen and oxygen atoms in total. The third kappa shape index (κ3) is 4.90. The number of ketones is 1. The predicted octanol–water partition coefficient (Wildman–Crippen LogP) is 6.49. The molecule has 3 aliphatic carbocycles. The smallest absolute Gasteiger partial charge is 0.417 e. The van der Waals surface area contributed by atoms with E-state index < -0.39 is 40.7 Å². The molecule has 1 heterocycles. The average molecular weight is 606 g/mol. The van der Waals surface area contributed by atoms with E-state index in [1.165, 1.54) is 18.2 Å². The molecule has 2 N–H and O–H groups in total. The number of aliphatic hydroxyl groups excluding tert-OH is 1. The number of esters is 1. The number of ether oxygens (including phenoxy) is 1. The van der Waals surface area contributed by atoms with Gasteiger partial charge in [-0.05, 0) is 49.0 Å². The standard InChI is InChI=1S/C31H38F3N3O4S/c1-6-28(4)15-22(29(5)17(2)11-13-30(18(3)25(28)40)14-12-21(38)24(29)30)41-23(39)16-42-27-35-26(36-37-27)19-9-7-8-10-20(19)31(32,33)34/h6-10,17-18,22,24-25,40H,1,11-16H2,2-5H3,(H,35,36,37)/t17-,18+,22-,24+,25+,28-,29+,30+/m1/s1. The minimum Gasteiger partial charge on any atom is -0.461 e. The van der Waals surface area contributed by atoms with E-state index in [2.05, 4.69) is 42.5 Å². The second kappa shape index (κ2) is 10.8. The third-order valence-electron chi connectivity index (χ3n) is 10.8. The Labute approximate surface area is 248 Å². The zero-order valence-corrected chi connectivity index (χ0v) is 25.1. The Morgan fingerprint density at radius 1 is 1.26 bits per heavy atom. The number of benzene rings is 1. The van der Waals surface area contributed by atoms with Crippen molar-refractivity contribution >= 4 is 23.5 Å². The fraction of sp³-hybridized carbons (Fsp3) is 0.613. The number of thioether (sulfide) groups is 1. The van der Waals surface area contributed by atoms with Crippen molar-refractivity contribution in [3.63, 3.8) is 0 Å². The first-order chi connectivity index (χ1) is 19.7. The number of aliphatic hydroxyl groups is 1. The van der Waals surface area contributed by atoms with Crippen molar-refractivity contribution in [2.75, 3.05) is 5.75 Å². The van der Waals surface area contributed by atoms with Gasteiger partial charge in [-0.3, -0.25) is 14.7 Å². The van der Waals surface area contributed by atoms with Crippen molar-refractivity contribution < 1.29 is 32.6 Å². The number of H-pyrrole nitrogens is 1. The number of hydrogen-bond acceptors (Lipinski definition) is 7. The lowest BCUT2D eigenvalue weighted by molar-refractivity contribution is -0.205. The van der Waals surface area contributed by atoms with E-state index in [-0.39, 0.29) is 51.2 Å². The largest absolute Gasteiger partial charge is 0.461 e. The molecule has 1 aromatic carbocycles. The maximum atomic E-state index is 13.5. The summed E-state index contributed by atoms with van der Waals surface area (Å²) in [5, 5.41) is 18.3. The van der Waals surface area contributed by atoms with E-state index in [9.17, 15) is 27.9 Å². The summed E-state index contributed by atoms with van der Waals surface area (Å²) < 4.78 is 46.6. The number of aromatic nitrogens is 3. The Hall–Kier alpha value is -2.66. The van der Waals surface area contributed by atoms with Crippen LogP contribution in [0.4, 0.5) is 13.2 Å². The molecule has 228 valence electrons. The van der Waals surface area contributed by atoms with Crippen LogP contribution in [0.25, 0.3) is 11.4 Å². The van der Waals surface area contributed by atoms with Crippen LogP contribution in [0.2, 0.25) is 0 Å². The Morgan fingerprint density at radius 2 is 1.98 bits per heavy atom. The summed E-state index contributed by atoms with van der Waals surface area (Å²) >= 11 is 0.958. The van der Waals surface area contributed by atoms with Crippen molar-refractivity contribution in [2.24, 2.45) is 34.0 Å². The van der Waals surface area contributed by atoms with Gasteiger partial charge in [-0.15, -0.1) is 11.7 Å². The SMILES string of the molecule is C=C[C@]1(C)C[C@@H](OC(=O)CSc2n[nH]c(-c3ccccc3C(F)(F)F)n2)[C@]2(C)[C@H](C)CC[C@]3(CCC(=O)[C@H]32)[C@@H](C)[C@@H]1O. The van der Waals surface area contributed by atoms with Crippen molar-refractivity contribution in [1.29, 1.82) is 0 Å². The third-order valence-corrected chi connectivity index (χ3v) is 11.7. The van der Waals surface area contributed by atoms with Crippen LogP contribution in [-0.4, -0.2) is 50.0 Å². The topological polar surface area (TPSA) is 105 Å². The molecule has 0 spiro atoms. The molecule has 0 saturated heterocycles. The first-order valence-electron chi connectivity index (χ1n) is 14.4. The van der Waals surface area contributed by atoms with Crippen LogP contribution in [-0.2, 0) is 20.5 Å². The van der Waals surface area contributed by atoms with Gasteiger partial charge < -0.3 is 9.84 Å². The molecule has 3 saturated carbocycles. The number of nitrogens with zero attached hydrogens (tertiary/aromatic N) is 2. The molecule has 8 atom stereocenters. The highest BCUT2D eigenvalue weighted by Crippen LogP contribution is 2.68. The summed E-state index contributed by atoms with van der Waals surface area (Å²) in [6.45, 7) is 12.2. The lowest BCUT2D eigenvalue weighted by Crippen LogP contribution is -2.63. The first-order valence-corrected chi connectivity index (χ1v) is 15.4. The van der Waals surface area contributed by atoms with E-state index in [1.54, 1.807) is 6.08 Å². The van der Waals surface area contributed by atoms with E-state index in [1.807, 2.05) is 6.92 Å². The lowest BCUT2D eigenvalue weighted by Gasteiger charge is -2.61. The van der Waals surface area contributed by atoms with Gasteiger partial charge in [0, 0.05) is 28.7 Å². The number of aromatic amines is 1. The minimum absolute atomic E-state index is 0.0525. The maximum absolute atomic E-state index is 13.5. The molecule has 11 heteroatoms. The highest BCUT2D eigenvalue weighted by atomic mass is 32.2. The van der Waals surface area contributed by atoms with Crippen LogP contribution in [0.5, 0.6) is 0 Å². The van der Waals surface area contributed by atoms with Gasteiger partial charge in [0.2, 0.25) is 5.16 Å². The van der Waals surface area contributed by atoms with Gasteiger partial charge >= 0.3 is 12.1 Å². The van der Waals surface area contributed by atoms with Crippen LogP contribution < -0.4 is 0 Å². The fourth-order valence-corrected chi connectivity index (χ4v) is 8.77. The van der Waals surface area contributed by atoms with E-state index in [0.29, 0.717) is 19.3 Å². The van der Waals surface area contributed by atoms with Gasteiger partial charge in [-0.25, -0.2) is 4.98 Å². The number of alkyl halides is 3. The van der Waals surface area contributed by atoms with Crippen molar-refractivity contribution in [2.45, 2.75) is 83.3 Å². The maximum Gasteiger partial charge on any atom is 0.417 e. The summed E-state index contributed by atoms with van der Waals surface area (Å²) in [5.41, 5.74) is -2.73. The lowest BCUT2D eigenvalue weighted by atomic mass is 9.44. The fourth-order valence-electron chi connectivity index (χ4n) is 8.19. The first kappa shape index (κ1) is 30.8. The summed E-state index contributed by atoms with van der Waals surface area (Å²) in [7, 11) is 0. The predicted molar refractivity (Wildman–Crippen MR) is 152 cm³/mol. The number of hydrogen-bond donors (Lipinski definition) is 2. The van der Waals surface area contributed by atoms with Gasteiger partial charge in [0.1, 0.15) is 11.9 Å². The van der Waals surface area contributed by atoms with Crippen LogP contribution >= 0.6 is 11.8 Å². The van der Waals surface area contributed by atoms with Gasteiger partial charge in [0.25, 0.3) is 0 Å². The molecular formula is C31H38F3N3O4S. The van der Waals surface area contributed by atoms with Crippen LogP contribution in [0.15, 0.2) is 42.1 Å². The molecule has 2 aromatic rings. The van der Waals surface area contributed by atoms with Crippen molar-refractivity contribution in [3.8, 4) is 11.4 Å². The van der Waals surface area contributed by atoms with Gasteiger partial charge in [-0.2, -0.15) is 13.2 Å². The Bertz CT molecular complexity index is 1380. The molecular weight excluding hydrogens is 567 g/mol. The zero-order valence-electron chi connectivity index (χ0n) is 24.3. The molecule has 1 aromatic heterocycles. The van der Waals surface area contributed by atoms with Crippen LogP contribution in [0.1, 0.15) is 65.4 Å². The number of carbonyl (C=O) groups excluding carboxylic acids is 2. The van der Waals surface area contributed by atoms with E-state index >= 15 is 0 Å². The summed E-state index contributed by atoms with van der Waals surface area (Å²) in [5.74, 6) is -0.954. The number of carbonyl (C=O) groups is 2. The number of Topliss-reactive ketones (excluding diaryl/α,β-unsaturated/α-hetero) is 1. The van der Waals surface area contributed by atoms with Gasteiger partial charge in [0.15, 0.2) is 5.82 Å². The quantitative estimate of drug-likeness (QED) is 0.220. The molecule has 0 radical (unpaired) electrons. The number of nitrogens with one attached hydrogen (secondary N) is 1. The average Bonchev–Trinajstić information content (AvgIpc) is 3.57. The van der Waals surface area contributed by atoms with Gasteiger partial charge in [0.05, 0.1) is 17.4 Å². The summed E-state index contributed by atoms with van der Waals surface area (Å²) in [6, 6.07) is 5.07. The molecule has 3 aliphatic rings. The monoisotopic (exact) mass is 605 g/mol. The second-order valence-corrected chi connectivity index (χ2v) is 13.8. The van der Waals surface area contributed by atoms with Crippen molar-refractivity contribution in [3.05, 3.63) is 42.5 Å². The number of rotatable bonds is 6. The molecule has 42 heavy (non-hydrogen) atoms. The van der Waals surface area contributed by atoms with Crippen LogP contribution in [0.3, 0.4) is 0 Å². The molecule has 2 bridgehead atoms. The van der Waals surface area contributed by atoms with Crippen LogP contribution in [0, 0.1) is 34.0 Å². The normalized spacial score (nSPS) is 36.6. The molecule has 3 fully saturated rings. The summed E-state index contributed by atoms with van der Waals surface area (Å²) in [6.07, 6.45) is -1.04. The molecule has 0 unspecified atom stereocenters. The zero-order chi connectivity index (χ0) is 30.7. The van der Waals surface area contributed by atoms with Crippen molar-refractivity contribution in [1.82, 2.24) is 15.2 Å². The Balaban J connectivity index is 1.39. The number of halogens is 3. The second-order valence-electron chi connectivity index (χ2n) is 12.9. The minimum atomic E-state index is -4.56. The summed E-state index contributed by atoms with van der Waals surface area (Å²) in [4.78, 5) is 31.0. The molecule has 0 amide bonds. The Kier molecular flexibility index (Phi) is 7.92. The highest BCUT2D eigenvalue weighted by Gasteiger charge is 2.68. The van der Waals surface area contributed by atoms with Gasteiger partial charge in [-0.1, -0.05) is 63.7 Å². The van der Waals surface area contributed by atoms with E-state index in [0.717, 1.165) is 30.7 Å². The highest BCUT2D eigenvalue weighted by molar-refractivity contribution is 7.99. The molecule has 5 rings (SSSR count).